The fourth-order valence-electron chi connectivity index (χ4n) is 5.40. The molecule has 2 aromatic heterocycles. The number of aryl methyl sites for hydroxylation is 2. The number of likely N-dealkylation sites (N-methyl/N-ethyl adjacent to an activating group) is 1. The molecule has 2 aliphatic heterocycles. The van der Waals surface area contributed by atoms with Gasteiger partial charge in [0.1, 0.15) is 0 Å². The van der Waals surface area contributed by atoms with Gasteiger partial charge in [-0.2, -0.15) is 0 Å². The number of carbonyl (C=O) groups excluding carboxylic acids is 1. The van der Waals surface area contributed by atoms with E-state index in [1.54, 1.807) is 0 Å². The number of nitrogens with zero attached hydrogens (tertiary/aromatic N) is 5. The molecule has 0 aliphatic carbocycles. The van der Waals surface area contributed by atoms with E-state index in [0.29, 0.717) is 0 Å². The Morgan fingerprint density at radius 1 is 0.744 bits per heavy atom. The second-order valence-corrected chi connectivity index (χ2v) is 11.4. The lowest BCUT2D eigenvalue weighted by atomic mass is 10.0. The molecular weight excluding hydrogens is 534 g/mol. The summed E-state index contributed by atoms with van der Waals surface area (Å²) in [6, 6.07) is 21.0. The van der Waals surface area contributed by atoms with Crippen molar-refractivity contribution >= 4 is 5.91 Å². The van der Waals surface area contributed by atoms with Crippen LogP contribution in [0.4, 0.5) is 0 Å². The van der Waals surface area contributed by atoms with Crippen molar-refractivity contribution in [1.82, 2.24) is 24.7 Å². The predicted molar refractivity (Wildman–Crippen MR) is 173 cm³/mol. The van der Waals surface area contributed by atoms with Crippen molar-refractivity contribution in [3.63, 3.8) is 0 Å². The third-order valence-electron chi connectivity index (χ3n) is 8.11. The van der Waals surface area contributed by atoms with E-state index in [9.17, 15) is 4.79 Å². The molecule has 0 radical (unpaired) electrons. The number of ether oxygens (including phenoxy) is 1. The Bertz CT molecular complexity index is 1480. The molecule has 224 valence electrons. The number of amides is 1. The summed E-state index contributed by atoms with van der Waals surface area (Å²) in [6.45, 7) is 12.4. The summed E-state index contributed by atoms with van der Waals surface area (Å²) < 4.78 is 5.38. The second kappa shape index (κ2) is 15.0. The molecule has 0 atom stereocenters. The Hall–Kier alpha value is -3.91. The van der Waals surface area contributed by atoms with Gasteiger partial charge in [0.25, 0.3) is 5.91 Å². The van der Waals surface area contributed by atoms with Gasteiger partial charge in [-0.15, -0.1) is 0 Å². The van der Waals surface area contributed by atoms with Gasteiger partial charge in [0.05, 0.1) is 13.2 Å². The largest absolute Gasteiger partial charge is 0.379 e. The average molecular weight is 578 g/mol. The predicted octanol–water partition coefficient (Wildman–Crippen LogP) is 5.59. The van der Waals surface area contributed by atoms with Gasteiger partial charge >= 0.3 is 0 Å². The first kappa shape index (κ1) is 30.5. The van der Waals surface area contributed by atoms with Gasteiger partial charge in [-0.25, -0.2) is 0 Å². The maximum atomic E-state index is 12.7. The number of carbonyl (C=O) groups is 1. The number of morpholine rings is 1. The molecule has 2 saturated heterocycles. The van der Waals surface area contributed by atoms with Crippen LogP contribution in [0.2, 0.25) is 0 Å². The van der Waals surface area contributed by atoms with E-state index in [2.05, 4.69) is 77.1 Å². The second-order valence-electron chi connectivity index (χ2n) is 11.4. The summed E-state index contributed by atoms with van der Waals surface area (Å²) in [5.41, 5.74) is 9.04. The quantitative estimate of drug-likeness (QED) is 0.298. The van der Waals surface area contributed by atoms with Crippen molar-refractivity contribution in [3.8, 4) is 22.3 Å². The number of pyridine rings is 2. The summed E-state index contributed by atoms with van der Waals surface area (Å²) >= 11 is 0. The molecule has 1 amide bonds. The van der Waals surface area contributed by atoms with Gasteiger partial charge in [0.2, 0.25) is 0 Å². The van der Waals surface area contributed by atoms with Crippen LogP contribution < -0.4 is 0 Å². The molecule has 0 N–H and O–H groups in total. The van der Waals surface area contributed by atoms with E-state index in [4.69, 9.17) is 4.74 Å². The lowest BCUT2D eigenvalue weighted by Gasteiger charge is -2.32. The number of aromatic nitrogens is 2. The summed E-state index contributed by atoms with van der Waals surface area (Å²) in [5.74, 6) is 0.125. The fourth-order valence-corrected chi connectivity index (χ4v) is 5.40. The van der Waals surface area contributed by atoms with Crippen LogP contribution in [0.15, 0.2) is 85.5 Å². The normalized spacial score (nSPS) is 15.9. The molecule has 0 unspecified atom stereocenters. The monoisotopic (exact) mass is 577 g/mol. The number of benzene rings is 2. The molecule has 7 heteroatoms. The maximum absolute atomic E-state index is 12.7. The van der Waals surface area contributed by atoms with Gasteiger partial charge in [-0.05, 0) is 72.5 Å². The van der Waals surface area contributed by atoms with E-state index in [-0.39, 0.29) is 5.91 Å². The topological polar surface area (TPSA) is 61.8 Å². The summed E-state index contributed by atoms with van der Waals surface area (Å²) in [4.78, 5) is 27.9. The Balaban J connectivity index is 0.000000173. The van der Waals surface area contributed by atoms with Crippen LogP contribution in [0.3, 0.4) is 0 Å². The zero-order valence-electron chi connectivity index (χ0n) is 25.7. The van der Waals surface area contributed by atoms with Crippen molar-refractivity contribution in [2.75, 3.05) is 59.5 Å². The Morgan fingerprint density at radius 3 is 2.14 bits per heavy atom. The number of rotatable bonds is 6. The van der Waals surface area contributed by atoms with Crippen LogP contribution in [0.1, 0.15) is 34.0 Å². The van der Waals surface area contributed by atoms with E-state index < -0.39 is 0 Å². The van der Waals surface area contributed by atoms with Gasteiger partial charge in [-0.1, -0.05) is 43.3 Å². The van der Waals surface area contributed by atoms with Crippen molar-refractivity contribution in [1.29, 1.82) is 0 Å². The molecule has 0 spiro atoms. The Kier molecular flexibility index (Phi) is 10.7. The number of hydrogen-bond donors (Lipinski definition) is 0. The minimum absolute atomic E-state index is 0.125. The van der Waals surface area contributed by atoms with Gasteiger partial charge in [0, 0.05) is 87.3 Å². The summed E-state index contributed by atoms with van der Waals surface area (Å²) in [5, 5.41) is 0. The van der Waals surface area contributed by atoms with Crippen molar-refractivity contribution < 1.29 is 9.53 Å². The fraction of sp³-hybridized carbons (Fsp3) is 0.361. The van der Waals surface area contributed by atoms with Gasteiger partial charge < -0.3 is 14.5 Å². The highest BCUT2D eigenvalue weighted by molar-refractivity contribution is 5.95. The van der Waals surface area contributed by atoms with Crippen molar-refractivity contribution in [3.05, 3.63) is 108 Å². The van der Waals surface area contributed by atoms with Gasteiger partial charge in [-0.3, -0.25) is 19.7 Å². The van der Waals surface area contributed by atoms with Crippen LogP contribution in [0, 0.1) is 6.92 Å². The first-order valence-corrected chi connectivity index (χ1v) is 15.3. The molecule has 0 saturated carbocycles. The SMILES string of the molecule is CCc1cncc(-c2cccc(C(=O)N3CCN(C)CC3)c2)c1.Cc1cncc(-c2ccc(CN3CCOCC3)cc2)c1. The smallest absolute Gasteiger partial charge is 0.253 e. The first-order valence-electron chi connectivity index (χ1n) is 15.3. The molecule has 2 aliphatic rings. The number of piperazine rings is 1. The zero-order valence-corrected chi connectivity index (χ0v) is 25.7. The minimum Gasteiger partial charge on any atom is -0.379 e. The lowest BCUT2D eigenvalue weighted by Crippen LogP contribution is -2.47. The summed E-state index contributed by atoms with van der Waals surface area (Å²) in [6.07, 6.45) is 8.52. The van der Waals surface area contributed by atoms with Crippen LogP contribution in [-0.4, -0.2) is 90.1 Å². The van der Waals surface area contributed by atoms with Crippen molar-refractivity contribution in [2.45, 2.75) is 26.8 Å². The number of hydrogen-bond acceptors (Lipinski definition) is 6. The van der Waals surface area contributed by atoms with Crippen LogP contribution in [0.5, 0.6) is 0 Å². The van der Waals surface area contributed by atoms with Crippen LogP contribution in [0.25, 0.3) is 22.3 Å². The molecular formula is C36H43N5O2. The molecule has 6 rings (SSSR count). The van der Waals surface area contributed by atoms with Crippen molar-refractivity contribution in [2.24, 2.45) is 0 Å². The molecule has 4 heterocycles. The standard InChI is InChI=1S/C19H23N3O.C17H20N2O/c1-3-15-11-18(14-20-13-15)16-5-4-6-17(12-16)19(23)22-9-7-21(2)8-10-22;1-14-10-17(12-18-11-14)16-4-2-15(3-5-16)13-19-6-8-20-9-7-19/h4-6,11-14H,3,7-10H2,1-2H3;2-5,10-12H,6-9,13H2,1H3. The van der Waals surface area contributed by atoms with Crippen LogP contribution in [-0.2, 0) is 17.7 Å². The van der Waals surface area contributed by atoms with E-state index >= 15 is 0 Å². The Morgan fingerprint density at radius 2 is 1.44 bits per heavy atom. The molecule has 4 aromatic rings. The lowest BCUT2D eigenvalue weighted by molar-refractivity contribution is 0.0342. The first-order chi connectivity index (χ1) is 21.0. The molecule has 0 bridgehead atoms. The van der Waals surface area contributed by atoms with Crippen LogP contribution >= 0.6 is 0 Å². The highest BCUT2D eigenvalue weighted by Gasteiger charge is 2.20. The molecule has 2 aromatic carbocycles. The molecule has 2 fully saturated rings. The minimum atomic E-state index is 0.125. The molecule has 43 heavy (non-hydrogen) atoms. The van der Waals surface area contributed by atoms with E-state index in [1.807, 2.05) is 54.0 Å². The van der Waals surface area contributed by atoms with E-state index in [1.165, 1.54) is 27.8 Å². The molecule has 7 nitrogen and oxygen atoms in total. The average Bonchev–Trinajstić information content (AvgIpc) is 3.06. The third-order valence-corrected chi connectivity index (χ3v) is 8.11. The van der Waals surface area contributed by atoms with E-state index in [0.717, 1.165) is 82.1 Å². The maximum Gasteiger partial charge on any atom is 0.253 e. The Labute approximate surface area is 256 Å². The summed E-state index contributed by atoms with van der Waals surface area (Å²) in [7, 11) is 2.09. The highest BCUT2D eigenvalue weighted by atomic mass is 16.5. The third kappa shape index (κ3) is 8.57. The zero-order chi connectivity index (χ0) is 30.0. The highest BCUT2D eigenvalue weighted by Crippen LogP contribution is 2.23. The van der Waals surface area contributed by atoms with Gasteiger partial charge in [0.15, 0.2) is 0 Å².